The Morgan fingerprint density at radius 3 is 2.61 bits per heavy atom. The van der Waals surface area contributed by atoms with E-state index in [1.807, 2.05) is 37.4 Å². The first kappa shape index (κ1) is 19.4. The number of nitrogens with zero attached hydrogens (tertiary/aromatic N) is 6. The number of pyridine rings is 1. The Morgan fingerprint density at radius 1 is 1.10 bits per heavy atom. The van der Waals surface area contributed by atoms with Crippen molar-refractivity contribution < 1.29 is 4.74 Å². The van der Waals surface area contributed by atoms with E-state index in [2.05, 4.69) is 26.6 Å². The van der Waals surface area contributed by atoms with Crippen molar-refractivity contribution >= 4 is 17.1 Å². The Hall–Kier alpha value is -3.52. The fourth-order valence-electron chi connectivity index (χ4n) is 3.96. The number of aromatic nitrogens is 5. The molecular formula is C23H24N6O2. The molecule has 0 amide bonds. The smallest absolute Gasteiger partial charge is 0.253 e. The van der Waals surface area contributed by atoms with Crippen LogP contribution in [-0.2, 0) is 18.3 Å². The van der Waals surface area contributed by atoms with Gasteiger partial charge in [-0.15, -0.1) is 0 Å². The van der Waals surface area contributed by atoms with Crippen LogP contribution in [0.1, 0.15) is 11.1 Å². The van der Waals surface area contributed by atoms with E-state index in [1.54, 1.807) is 17.8 Å². The van der Waals surface area contributed by atoms with Gasteiger partial charge in [-0.1, -0.05) is 30.3 Å². The maximum Gasteiger partial charge on any atom is 0.253 e. The molecule has 0 aliphatic carbocycles. The van der Waals surface area contributed by atoms with Gasteiger partial charge in [0.2, 0.25) is 5.95 Å². The minimum atomic E-state index is -0.0103. The molecule has 8 heteroatoms. The van der Waals surface area contributed by atoms with Gasteiger partial charge < -0.3 is 18.8 Å². The molecule has 4 heterocycles. The Morgan fingerprint density at radius 2 is 1.87 bits per heavy atom. The van der Waals surface area contributed by atoms with Gasteiger partial charge >= 0.3 is 0 Å². The predicted molar refractivity (Wildman–Crippen MR) is 119 cm³/mol. The van der Waals surface area contributed by atoms with Gasteiger partial charge in [0.1, 0.15) is 11.3 Å². The van der Waals surface area contributed by atoms with E-state index >= 15 is 0 Å². The molecule has 1 aromatic carbocycles. The summed E-state index contributed by atoms with van der Waals surface area (Å²) in [5.41, 5.74) is 4.20. The molecule has 0 bridgehead atoms. The number of rotatable bonds is 4. The first-order chi connectivity index (χ1) is 15.1. The van der Waals surface area contributed by atoms with E-state index in [4.69, 9.17) is 14.7 Å². The summed E-state index contributed by atoms with van der Waals surface area (Å²) in [6.07, 6.45) is 3.61. The number of benzene rings is 1. The average Bonchev–Trinajstić information content (AvgIpc) is 3.16. The highest BCUT2D eigenvalue weighted by atomic mass is 16.5. The number of anilines is 1. The van der Waals surface area contributed by atoms with Crippen molar-refractivity contribution in [1.29, 1.82) is 0 Å². The van der Waals surface area contributed by atoms with E-state index < -0.39 is 0 Å². The highest BCUT2D eigenvalue weighted by molar-refractivity contribution is 5.77. The minimum Gasteiger partial charge on any atom is -0.378 e. The lowest BCUT2D eigenvalue weighted by atomic mass is 10.2. The third-order valence-electron chi connectivity index (χ3n) is 5.57. The normalized spacial score (nSPS) is 14.3. The molecule has 0 unspecified atom stereocenters. The molecule has 0 spiro atoms. The molecule has 1 saturated heterocycles. The first-order valence-electron chi connectivity index (χ1n) is 10.4. The Kier molecular flexibility index (Phi) is 4.99. The fraction of sp³-hybridized carbons (Fsp3) is 0.304. The molecule has 4 aromatic rings. The summed E-state index contributed by atoms with van der Waals surface area (Å²) >= 11 is 0. The zero-order chi connectivity index (χ0) is 21.4. The van der Waals surface area contributed by atoms with E-state index in [0.717, 1.165) is 41.2 Å². The van der Waals surface area contributed by atoms with Gasteiger partial charge in [0.25, 0.3) is 5.56 Å². The second kappa shape index (κ2) is 7.96. The largest absolute Gasteiger partial charge is 0.378 e. The summed E-state index contributed by atoms with van der Waals surface area (Å²) < 4.78 is 9.17. The summed E-state index contributed by atoms with van der Waals surface area (Å²) in [6, 6.07) is 12.1. The van der Waals surface area contributed by atoms with Gasteiger partial charge in [-0.3, -0.25) is 4.79 Å². The molecule has 1 aliphatic heterocycles. The Bertz CT molecular complexity index is 1260. The lowest BCUT2D eigenvalue weighted by Gasteiger charge is -2.26. The van der Waals surface area contributed by atoms with Crippen LogP contribution in [0.3, 0.4) is 0 Å². The summed E-state index contributed by atoms with van der Waals surface area (Å²) in [5.74, 6) is 1.46. The second-order valence-electron chi connectivity index (χ2n) is 7.81. The van der Waals surface area contributed by atoms with Gasteiger partial charge in [0.15, 0.2) is 5.65 Å². The Balaban J connectivity index is 1.68. The second-order valence-corrected chi connectivity index (χ2v) is 7.81. The van der Waals surface area contributed by atoms with Crippen LogP contribution in [0.5, 0.6) is 0 Å². The van der Waals surface area contributed by atoms with Crippen molar-refractivity contribution in [2.45, 2.75) is 13.5 Å². The van der Waals surface area contributed by atoms with Gasteiger partial charge in [-0.25, -0.2) is 9.97 Å². The van der Waals surface area contributed by atoms with Crippen LogP contribution in [-0.4, -0.2) is 50.4 Å². The number of imidazole rings is 1. The third-order valence-corrected chi connectivity index (χ3v) is 5.57. The van der Waals surface area contributed by atoms with Crippen molar-refractivity contribution in [1.82, 2.24) is 24.1 Å². The van der Waals surface area contributed by atoms with Gasteiger partial charge in [0, 0.05) is 37.5 Å². The number of hydrogen-bond donors (Lipinski definition) is 0. The highest BCUT2D eigenvalue weighted by Gasteiger charge is 2.20. The number of ether oxygens (including phenoxy) is 1. The molecule has 0 atom stereocenters. The maximum atomic E-state index is 12.2. The topological polar surface area (TPSA) is 78.1 Å². The predicted octanol–water partition coefficient (Wildman–Crippen LogP) is 2.39. The summed E-state index contributed by atoms with van der Waals surface area (Å²) in [6.45, 7) is 5.33. The SMILES string of the molecule is Cc1cc(-c2nc3cnc(N4CCOCC4)nc3n2Cc2ccccc2)cn(C)c1=O. The molecule has 1 fully saturated rings. The standard InChI is InChI=1S/C23H24N6O2/c1-16-12-18(15-27(2)22(16)30)20-25-19-13-24-23(28-8-10-31-11-9-28)26-21(19)29(20)14-17-6-4-3-5-7-17/h3-7,12-13,15H,8-11,14H2,1-2H3. The molecule has 1 aliphatic rings. The molecule has 8 nitrogen and oxygen atoms in total. The van der Waals surface area contributed by atoms with E-state index in [9.17, 15) is 4.79 Å². The summed E-state index contributed by atoms with van der Waals surface area (Å²) in [7, 11) is 1.76. The quantitative estimate of drug-likeness (QED) is 0.508. The van der Waals surface area contributed by atoms with Crippen LogP contribution in [0.15, 0.2) is 53.6 Å². The van der Waals surface area contributed by atoms with Crippen molar-refractivity contribution in [2.24, 2.45) is 7.05 Å². The molecule has 3 aromatic heterocycles. The molecule has 0 radical (unpaired) electrons. The summed E-state index contributed by atoms with van der Waals surface area (Å²) in [4.78, 5) is 28.7. The molecule has 5 rings (SSSR count). The lowest BCUT2D eigenvalue weighted by molar-refractivity contribution is 0.122. The maximum absolute atomic E-state index is 12.2. The van der Waals surface area contributed by atoms with Crippen LogP contribution in [0.25, 0.3) is 22.6 Å². The average molecular weight is 416 g/mol. The lowest BCUT2D eigenvalue weighted by Crippen LogP contribution is -2.37. The van der Waals surface area contributed by atoms with Gasteiger partial charge in [0.05, 0.1) is 26.0 Å². The number of morpholine rings is 1. The van der Waals surface area contributed by atoms with Crippen molar-refractivity contribution in [3.8, 4) is 11.4 Å². The van der Waals surface area contributed by atoms with Gasteiger partial charge in [-0.05, 0) is 18.6 Å². The van der Waals surface area contributed by atoms with Crippen LogP contribution in [0, 0.1) is 6.92 Å². The van der Waals surface area contributed by atoms with E-state index in [-0.39, 0.29) is 5.56 Å². The van der Waals surface area contributed by atoms with E-state index in [1.165, 1.54) is 0 Å². The summed E-state index contributed by atoms with van der Waals surface area (Å²) in [5, 5.41) is 0. The molecular weight excluding hydrogens is 392 g/mol. The Labute approximate surface area is 179 Å². The fourth-order valence-corrected chi connectivity index (χ4v) is 3.96. The minimum absolute atomic E-state index is 0.0103. The van der Waals surface area contributed by atoms with Crippen molar-refractivity contribution in [3.05, 3.63) is 70.3 Å². The number of fused-ring (bicyclic) bond motifs is 1. The van der Waals surface area contributed by atoms with Crippen LogP contribution in [0.4, 0.5) is 5.95 Å². The number of hydrogen-bond acceptors (Lipinski definition) is 6. The van der Waals surface area contributed by atoms with Crippen molar-refractivity contribution in [2.75, 3.05) is 31.2 Å². The first-order valence-corrected chi connectivity index (χ1v) is 10.4. The van der Waals surface area contributed by atoms with E-state index in [0.29, 0.717) is 31.3 Å². The zero-order valence-electron chi connectivity index (χ0n) is 17.7. The van der Waals surface area contributed by atoms with Crippen molar-refractivity contribution in [3.63, 3.8) is 0 Å². The monoisotopic (exact) mass is 416 g/mol. The highest BCUT2D eigenvalue weighted by Crippen LogP contribution is 2.26. The third kappa shape index (κ3) is 3.70. The molecule has 0 N–H and O–H groups in total. The van der Waals surface area contributed by atoms with Crippen LogP contribution < -0.4 is 10.5 Å². The van der Waals surface area contributed by atoms with Crippen LogP contribution >= 0.6 is 0 Å². The van der Waals surface area contributed by atoms with Crippen LogP contribution in [0.2, 0.25) is 0 Å². The molecule has 31 heavy (non-hydrogen) atoms. The zero-order valence-corrected chi connectivity index (χ0v) is 17.7. The molecule has 0 saturated carbocycles. The molecule has 158 valence electrons. The number of aryl methyl sites for hydroxylation is 2. The van der Waals surface area contributed by atoms with Gasteiger partial charge in [-0.2, -0.15) is 4.98 Å².